The highest BCUT2D eigenvalue weighted by Crippen LogP contribution is 2.28. The van der Waals surface area contributed by atoms with E-state index in [4.69, 9.17) is 4.52 Å². The maximum Gasteiger partial charge on any atom is 0.233 e. The van der Waals surface area contributed by atoms with Gasteiger partial charge in [0, 0.05) is 25.5 Å². The summed E-state index contributed by atoms with van der Waals surface area (Å²) in [6.07, 6.45) is 5.12. The van der Waals surface area contributed by atoms with E-state index in [1.54, 1.807) is 18.6 Å². The van der Waals surface area contributed by atoms with Crippen molar-refractivity contribution >= 4 is 5.82 Å². The van der Waals surface area contributed by atoms with Crippen molar-refractivity contribution < 1.29 is 4.52 Å². The van der Waals surface area contributed by atoms with Crippen molar-refractivity contribution in [3.63, 3.8) is 0 Å². The molecule has 2 aromatic rings. The summed E-state index contributed by atoms with van der Waals surface area (Å²) in [4.78, 5) is 14.6. The summed E-state index contributed by atoms with van der Waals surface area (Å²) >= 11 is 0. The smallest absolute Gasteiger partial charge is 0.233 e. The summed E-state index contributed by atoms with van der Waals surface area (Å²) in [5.74, 6) is 2.63. The molecule has 1 aliphatic heterocycles. The van der Waals surface area contributed by atoms with Crippen LogP contribution in [0.15, 0.2) is 23.1 Å². The molecule has 0 N–H and O–H groups in total. The van der Waals surface area contributed by atoms with Crippen molar-refractivity contribution in [1.82, 2.24) is 20.1 Å². The summed E-state index contributed by atoms with van der Waals surface area (Å²) < 4.78 is 5.13. The highest BCUT2D eigenvalue weighted by Gasteiger charge is 2.33. The predicted octanol–water partition coefficient (Wildman–Crippen LogP) is 0.772. The second-order valence-electron chi connectivity index (χ2n) is 3.85. The summed E-state index contributed by atoms with van der Waals surface area (Å²) in [5, 5.41) is 3.78. The van der Waals surface area contributed by atoms with Crippen molar-refractivity contribution in [2.45, 2.75) is 12.8 Å². The van der Waals surface area contributed by atoms with Crippen LogP contribution in [0.3, 0.4) is 0 Å². The van der Waals surface area contributed by atoms with Gasteiger partial charge in [-0.05, 0) is 6.92 Å². The minimum atomic E-state index is 0.322. The number of rotatable bonds is 2. The van der Waals surface area contributed by atoms with Gasteiger partial charge in [-0.2, -0.15) is 4.98 Å². The van der Waals surface area contributed by atoms with E-state index in [1.165, 1.54) is 0 Å². The van der Waals surface area contributed by atoms with Crippen LogP contribution in [0.1, 0.15) is 17.6 Å². The van der Waals surface area contributed by atoms with Crippen LogP contribution in [0.2, 0.25) is 0 Å². The lowest BCUT2D eigenvalue weighted by molar-refractivity contribution is 0.326. The SMILES string of the molecule is Cc1noc(C2CN(c3cnccn3)C2)n1. The van der Waals surface area contributed by atoms with Gasteiger partial charge < -0.3 is 9.42 Å². The minimum absolute atomic E-state index is 0.322. The molecule has 0 spiro atoms. The molecule has 2 aromatic heterocycles. The van der Waals surface area contributed by atoms with E-state index in [9.17, 15) is 0 Å². The summed E-state index contributed by atoms with van der Waals surface area (Å²) in [5.41, 5.74) is 0. The molecule has 0 aliphatic carbocycles. The molecule has 0 bridgehead atoms. The van der Waals surface area contributed by atoms with Crippen LogP contribution in [-0.2, 0) is 0 Å². The molecule has 0 saturated carbocycles. The molecule has 0 radical (unpaired) electrons. The summed E-state index contributed by atoms with van der Waals surface area (Å²) in [7, 11) is 0. The number of aromatic nitrogens is 4. The molecule has 1 aliphatic rings. The average Bonchev–Trinajstić information content (AvgIpc) is 2.64. The first kappa shape index (κ1) is 9.26. The zero-order valence-electron chi connectivity index (χ0n) is 8.87. The van der Waals surface area contributed by atoms with Crippen LogP contribution < -0.4 is 4.90 Å². The van der Waals surface area contributed by atoms with E-state index in [-0.39, 0.29) is 0 Å². The van der Waals surface area contributed by atoms with Gasteiger partial charge in [0.15, 0.2) is 5.82 Å². The van der Waals surface area contributed by atoms with Gasteiger partial charge in [0.05, 0.1) is 12.1 Å². The van der Waals surface area contributed by atoms with Gasteiger partial charge >= 0.3 is 0 Å². The normalized spacial score (nSPS) is 16.2. The highest BCUT2D eigenvalue weighted by atomic mass is 16.5. The zero-order valence-corrected chi connectivity index (χ0v) is 8.87. The molecular formula is C10H11N5O. The largest absolute Gasteiger partial charge is 0.354 e. The predicted molar refractivity (Wildman–Crippen MR) is 56.0 cm³/mol. The molecule has 82 valence electrons. The van der Waals surface area contributed by atoms with Crippen LogP contribution in [0.4, 0.5) is 5.82 Å². The lowest BCUT2D eigenvalue weighted by atomic mass is 10.0. The van der Waals surface area contributed by atoms with Gasteiger partial charge in [-0.25, -0.2) is 4.98 Å². The quantitative estimate of drug-likeness (QED) is 0.740. The molecule has 16 heavy (non-hydrogen) atoms. The zero-order chi connectivity index (χ0) is 11.0. The maximum absolute atomic E-state index is 5.13. The summed E-state index contributed by atoms with van der Waals surface area (Å²) in [6.45, 7) is 3.55. The van der Waals surface area contributed by atoms with Crippen molar-refractivity contribution in [2.24, 2.45) is 0 Å². The Morgan fingerprint density at radius 3 is 2.88 bits per heavy atom. The Kier molecular flexibility index (Phi) is 2.05. The Labute approximate surface area is 92.3 Å². The van der Waals surface area contributed by atoms with Crippen molar-refractivity contribution in [3.05, 3.63) is 30.3 Å². The Hall–Kier alpha value is -1.98. The van der Waals surface area contributed by atoms with Crippen LogP contribution in [0, 0.1) is 6.92 Å². The van der Waals surface area contributed by atoms with E-state index in [1.807, 2.05) is 6.92 Å². The first-order chi connectivity index (χ1) is 7.83. The number of anilines is 1. The topological polar surface area (TPSA) is 67.9 Å². The first-order valence-corrected chi connectivity index (χ1v) is 5.14. The molecular weight excluding hydrogens is 206 g/mol. The van der Waals surface area contributed by atoms with Gasteiger partial charge in [-0.3, -0.25) is 4.98 Å². The standard InChI is InChI=1S/C10H11N5O/c1-7-13-10(16-14-7)8-5-15(6-8)9-4-11-2-3-12-9/h2-4,8H,5-6H2,1H3. The fourth-order valence-corrected chi connectivity index (χ4v) is 1.76. The van der Waals surface area contributed by atoms with Crippen LogP contribution in [0.5, 0.6) is 0 Å². The Morgan fingerprint density at radius 2 is 2.25 bits per heavy atom. The number of hydrogen-bond acceptors (Lipinski definition) is 6. The average molecular weight is 217 g/mol. The molecule has 0 unspecified atom stereocenters. The summed E-state index contributed by atoms with van der Waals surface area (Å²) in [6, 6.07) is 0. The third kappa shape index (κ3) is 1.52. The molecule has 0 aromatic carbocycles. The number of aryl methyl sites for hydroxylation is 1. The third-order valence-corrected chi connectivity index (χ3v) is 2.65. The second-order valence-corrected chi connectivity index (χ2v) is 3.85. The van der Waals surface area contributed by atoms with Crippen molar-refractivity contribution in [2.75, 3.05) is 18.0 Å². The molecule has 1 saturated heterocycles. The molecule has 6 nitrogen and oxygen atoms in total. The molecule has 1 fully saturated rings. The number of nitrogens with zero attached hydrogens (tertiary/aromatic N) is 5. The van der Waals surface area contributed by atoms with Crippen LogP contribution in [-0.4, -0.2) is 33.2 Å². The van der Waals surface area contributed by atoms with E-state index in [2.05, 4.69) is 25.0 Å². The second kappa shape index (κ2) is 3.55. The van der Waals surface area contributed by atoms with Gasteiger partial charge in [-0.1, -0.05) is 5.16 Å². The van der Waals surface area contributed by atoms with E-state index in [0.717, 1.165) is 24.8 Å². The molecule has 0 amide bonds. The third-order valence-electron chi connectivity index (χ3n) is 2.65. The van der Waals surface area contributed by atoms with E-state index < -0.39 is 0 Å². The molecule has 6 heteroatoms. The van der Waals surface area contributed by atoms with Crippen molar-refractivity contribution in [3.8, 4) is 0 Å². The molecule has 0 atom stereocenters. The van der Waals surface area contributed by atoms with Gasteiger partial charge in [0.25, 0.3) is 0 Å². The van der Waals surface area contributed by atoms with Crippen molar-refractivity contribution in [1.29, 1.82) is 0 Å². The van der Waals surface area contributed by atoms with Crippen LogP contribution >= 0.6 is 0 Å². The van der Waals surface area contributed by atoms with Gasteiger partial charge in [0.1, 0.15) is 5.82 Å². The monoisotopic (exact) mass is 217 g/mol. The highest BCUT2D eigenvalue weighted by molar-refractivity contribution is 5.40. The van der Waals surface area contributed by atoms with Gasteiger partial charge in [-0.15, -0.1) is 0 Å². The lowest BCUT2D eigenvalue weighted by Gasteiger charge is -2.37. The molecule has 3 heterocycles. The minimum Gasteiger partial charge on any atom is -0.354 e. The fourth-order valence-electron chi connectivity index (χ4n) is 1.76. The van der Waals surface area contributed by atoms with Crippen LogP contribution in [0.25, 0.3) is 0 Å². The maximum atomic E-state index is 5.13. The Morgan fingerprint density at radius 1 is 1.38 bits per heavy atom. The van der Waals surface area contributed by atoms with Gasteiger partial charge in [0.2, 0.25) is 5.89 Å². The Bertz CT molecular complexity index is 477. The molecule has 3 rings (SSSR count). The van der Waals surface area contributed by atoms with E-state index in [0.29, 0.717) is 11.7 Å². The fraction of sp³-hybridized carbons (Fsp3) is 0.400. The van der Waals surface area contributed by atoms with E-state index >= 15 is 0 Å². The first-order valence-electron chi connectivity index (χ1n) is 5.14. The Balaban J connectivity index is 1.67. The number of hydrogen-bond donors (Lipinski definition) is 0. The lowest BCUT2D eigenvalue weighted by Crippen LogP contribution is -2.45.